The third kappa shape index (κ3) is 7.44. The van der Waals surface area contributed by atoms with Gasteiger partial charge >= 0.3 is 0 Å². The first-order valence-corrected chi connectivity index (χ1v) is 13.0. The van der Waals surface area contributed by atoms with Gasteiger partial charge in [0.1, 0.15) is 24.2 Å². The largest absolute Gasteiger partial charge is 0.494 e. The Bertz CT molecular complexity index is 1060. The summed E-state index contributed by atoms with van der Waals surface area (Å²) in [6, 6.07) is 11.2. The van der Waals surface area contributed by atoms with Crippen LogP contribution < -0.4 is 14.4 Å². The number of sulfonamides is 1. The molecule has 0 aromatic heterocycles. The van der Waals surface area contributed by atoms with E-state index in [-0.39, 0.29) is 12.5 Å². The SMILES string of the molecule is CCNC(=O)[C@@H](CC)N(Cc1ccc(F)cc1)C(=O)CN(c1ccc(OCC)cc1)S(C)(=O)=O. The van der Waals surface area contributed by atoms with E-state index in [0.717, 1.165) is 10.6 Å². The molecule has 0 radical (unpaired) electrons. The van der Waals surface area contributed by atoms with Crippen molar-refractivity contribution in [2.24, 2.45) is 0 Å². The van der Waals surface area contributed by atoms with Crippen LogP contribution in [-0.2, 0) is 26.2 Å². The predicted molar refractivity (Wildman–Crippen MR) is 130 cm³/mol. The van der Waals surface area contributed by atoms with Crippen LogP contribution in [-0.4, -0.2) is 57.1 Å². The first kappa shape index (κ1) is 27.1. The van der Waals surface area contributed by atoms with E-state index in [0.29, 0.717) is 36.6 Å². The summed E-state index contributed by atoms with van der Waals surface area (Å²) in [7, 11) is -3.82. The second kappa shape index (κ2) is 12.4. The number of likely N-dealkylation sites (N-methyl/N-ethyl adjacent to an activating group) is 1. The highest BCUT2D eigenvalue weighted by molar-refractivity contribution is 7.92. The van der Waals surface area contributed by atoms with Crippen LogP contribution in [0.25, 0.3) is 0 Å². The maximum atomic E-state index is 13.5. The zero-order chi connectivity index (χ0) is 25.3. The molecule has 1 atom stereocenters. The summed E-state index contributed by atoms with van der Waals surface area (Å²) in [4.78, 5) is 27.5. The molecule has 0 saturated carbocycles. The molecule has 0 spiro atoms. The second-order valence-electron chi connectivity index (χ2n) is 7.66. The molecular weight excluding hydrogens is 461 g/mol. The van der Waals surface area contributed by atoms with Crippen LogP contribution in [0.4, 0.5) is 10.1 Å². The van der Waals surface area contributed by atoms with E-state index in [1.54, 1.807) is 38.1 Å². The first-order valence-electron chi connectivity index (χ1n) is 11.1. The molecule has 2 amide bonds. The zero-order valence-corrected chi connectivity index (χ0v) is 20.8. The number of anilines is 1. The Kier molecular flexibility index (Phi) is 9.85. The van der Waals surface area contributed by atoms with Gasteiger partial charge in [0.2, 0.25) is 21.8 Å². The molecule has 0 aliphatic heterocycles. The fourth-order valence-corrected chi connectivity index (χ4v) is 4.34. The molecule has 2 rings (SSSR count). The maximum absolute atomic E-state index is 13.5. The van der Waals surface area contributed by atoms with Gasteiger partial charge in [-0.15, -0.1) is 0 Å². The van der Waals surface area contributed by atoms with E-state index < -0.39 is 34.3 Å². The predicted octanol–water partition coefficient (Wildman–Crippen LogP) is 2.93. The summed E-state index contributed by atoms with van der Waals surface area (Å²) >= 11 is 0. The number of nitrogens with zero attached hydrogens (tertiary/aromatic N) is 2. The van der Waals surface area contributed by atoms with E-state index in [9.17, 15) is 22.4 Å². The molecule has 0 fully saturated rings. The quantitative estimate of drug-likeness (QED) is 0.491. The van der Waals surface area contributed by atoms with Crippen molar-refractivity contribution in [1.29, 1.82) is 0 Å². The van der Waals surface area contributed by atoms with E-state index in [1.165, 1.54) is 29.2 Å². The number of ether oxygens (including phenoxy) is 1. The molecule has 0 aliphatic rings. The summed E-state index contributed by atoms with van der Waals surface area (Å²) in [5.74, 6) is -0.739. The lowest BCUT2D eigenvalue weighted by Gasteiger charge is -2.32. The molecule has 0 unspecified atom stereocenters. The number of nitrogens with one attached hydrogen (secondary N) is 1. The molecule has 1 N–H and O–H groups in total. The Morgan fingerprint density at radius 2 is 1.65 bits per heavy atom. The fourth-order valence-electron chi connectivity index (χ4n) is 3.49. The molecule has 2 aromatic carbocycles. The van der Waals surface area contributed by atoms with Gasteiger partial charge in [-0.25, -0.2) is 12.8 Å². The molecule has 0 saturated heterocycles. The number of rotatable bonds is 12. The fraction of sp³-hybridized carbons (Fsp3) is 0.417. The Morgan fingerprint density at radius 1 is 1.03 bits per heavy atom. The van der Waals surface area contributed by atoms with Crippen molar-refractivity contribution in [3.8, 4) is 5.75 Å². The summed E-state index contributed by atoms with van der Waals surface area (Å²) in [6.45, 7) is 5.75. The first-order chi connectivity index (χ1) is 16.1. The van der Waals surface area contributed by atoms with Gasteiger partial charge in [-0.05, 0) is 62.2 Å². The molecule has 10 heteroatoms. The topological polar surface area (TPSA) is 96.0 Å². The van der Waals surface area contributed by atoms with Gasteiger partial charge in [-0.1, -0.05) is 19.1 Å². The van der Waals surface area contributed by atoms with Gasteiger partial charge in [0, 0.05) is 13.1 Å². The van der Waals surface area contributed by atoms with Crippen LogP contribution in [0.5, 0.6) is 5.75 Å². The van der Waals surface area contributed by atoms with Gasteiger partial charge < -0.3 is 15.0 Å². The molecule has 186 valence electrons. The Hall–Kier alpha value is -3.14. The van der Waals surface area contributed by atoms with Crippen molar-refractivity contribution in [2.45, 2.75) is 39.8 Å². The van der Waals surface area contributed by atoms with Crippen molar-refractivity contribution >= 4 is 27.5 Å². The lowest BCUT2D eigenvalue weighted by atomic mass is 10.1. The molecule has 2 aromatic rings. The smallest absolute Gasteiger partial charge is 0.244 e. The molecule has 34 heavy (non-hydrogen) atoms. The maximum Gasteiger partial charge on any atom is 0.244 e. The standard InChI is InChI=1S/C24H32FN3O5S/c1-5-22(24(30)26-6-2)27(16-18-8-10-19(25)11-9-18)23(29)17-28(34(4,31)32)20-12-14-21(15-13-20)33-7-3/h8-15,22H,5-7,16-17H2,1-4H3,(H,26,30)/t22-/m1/s1. The van der Waals surface area contributed by atoms with E-state index >= 15 is 0 Å². The van der Waals surface area contributed by atoms with Gasteiger partial charge in [0.25, 0.3) is 0 Å². The lowest BCUT2D eigenvalue weighted by molar-refractivity contribution is -0.140. The van der Waals surface area contributed by atoms with Gasteiger partial charge in [-0.3, -0.25) is 13.9 Å². The average Bonchev–Trinajstić information content (AvgIpc) is 2.79. The summed E-state index contributed by atoms with van der Waals surface area (Å²) in [6.07, 6.45) is 1.34. The number of hydrogen-bond acceptors (Lipinski definition) is 5. The molecular formula is C24H32FN3O5S. The van der Waals surface area contributed by atoms with Crippen molar-refractivity contribution < 1.29 is 27.1 Å². The van der Waals surface area contributed by atoms with Crippen molar-refractivity contribution in [3.63, 3.8) is 0 Å². The number of hydrogen-bond donors (Lipinski definition) is 1. The van der Waals surface area contributed by atoms with E-state index in [2.05, 4.69) is 5.32 Å². The van der Waals surface area contributed by atoms with Crippen molar-refractivity contribution in [3.05, 3.63) is 59.9 Å². The van der Waals surface area contributed by atoms with Crippen LogP contribution in [0, 0.1) is 5.82 Å². The highest BCUT2D eigenvalue weighted by atomic mass is 32.2. The number of carbonyl (C=O) groups is 2. The van der Waals surface area contributed by atoms with Crippen LogP contribution in [0.1, 0.15) is 32.8 Å². The monoisotopic (exact) mass is 493 g/mol. The minimum atomic E-state index is -3.82. The summed E-state index contributed by atoms with van der Waals surface area (Å²) in [5, 5.41) is 2.72. The minimum Gasteiger partial charge on any atom is -0.494 e. The van der Waals surface area contributed by atoms with E-state index in [4.69, 9.17) is 4.74 Å². The number of halogens is 1. The number of benzene rings is 2. The van der Waals surface area contributed by atoms with Crippen LogP contribution in [0.2, 0.25) is 0 Å². The third-order valence-corrected chi connectivity index (χ3v) is 6.26. The van der Waals surface area contributed by atoms with Gasteiger partial charge in [0.15, 0.2) is 0 Å². The molecule has 8 nitrogen and oxygen atoms in total. The summed E-state index contributed by atoms with van der Waals surface area (Å²) in [5.41, 5.74) is 0.913. The summed E-state index contributed by atoms with van der Waals surface area (Å²) < 4.78 is 44.9. The third-order valence-electron chi connectivity index (χ3n) is 5.12. The normalized spacial score (nSPS) is 12.0. The zero-order valence-electron chi connectivity index (χ0n) is 20.0. The Morgan fingerprint density at radius 3 is 2.15 bits per heavy atom. The Labute approximate surface area is 200 Å². The van der Waals surface area contributed by atoms with Crippen LogP contribution in [0.3, 0.4) is 0 Å². The van der Waals surface area contributed by atoms with Crippen molar-refractivity contribution in [1.82, 2.24) is 10.2 Å². The second-order valence-corrected chi connectivity index (χ2v) is 9.57. The van der Waals surface area contributed by atoms with Gasteiger partial charge in [-0.2, -0.15) is 0 Å². The highest BCUT2D eigenvalue weighted by Crippen LogP contribution is 2.23. The highest BCUT2D eigenvalue weighted by Gasteiger charge is 2.31. The number of amides is 2. The molecule has 0 bridgehead atoms. The lowest BCUT2D eigenvalue weighted by Crippen LogP contribution is -2.52. The van der Waals surface area contributed by atoms with Crippen molar-refractivity contribution in [2.75, 3.05) is 30.3 Å². The van der Waals surface area contributed by atoms with E-state index in [1.807, 2.05) is 6.92 Å². The molecule has 0 aliphatic carbocycles. The van der Waals surface area contributed by atoms with Gasteiger partial charge in [0.05, 0.1) is 18.6 Å². The average molecular weight is 494 g/mol. The van der Waals surface area contributed by atoms with Crippen LogP contribution >= 0.6 is 0 Å². The van der Waals surface area contributed by atoms with Crippen LogP contribution in [0.15, 0.2) is 48.5 Å². The minimum absolute atomic E-state index is 0.0234. The Balaban J connectivity index is 2.39. The number of carbonyl (C=O) groups excluding carboxylic acids is 2. The molecule has 0 heterocycles.